The number of alkyl halides is 1. The highest BCUT2D eigenvalue weighted by Crippen LogP contribution is 2.26. The summed E-state index contributed by atoms with van der Waals surface area (Å²) in [5.74, 6) is 0.802. The van der Waals surface area contributed by atoms with Crippen molar-refractivity contribution in [1.82, 2.24) is 4.90 Å². The SMILES string of the molecule is O=C(c1ccsc1)N(CCCCl)C1CCC1. The van der Waals surface area contributed by atoms with E-state index in [0.29, 0.717) is 11.9 Å². The van der Waals surface area contributed by atoms with E-state index in [9.17, 15) is 4.79 Å². The van der Waals surface area contributed by atoms with E-state index in [2.05, 4.69) is 0 Å². The van der Waals surface area contributed by atoms with Crippen molar-refractivity contribution in [3.8, 4) is 0 Å². The van der Waals surface area contributed by atoms with Crippen LogP contribution in [0.4, 0.5) is 0 Å². The van der Waals surface area contributed by atoms with Gasteiger partial charge in [0.25, 0.3) is 5.91 Å². The number of amides is 1. The number of carbonyl (C=O) groups is 1. The number of nitrogens with zero attached hydrogens (tertiary/aromatic N) is 1. The van der Waals surface area contributed by atoms with Crippen LogP contribution in [0.5, 0.6) is 0 Å². The van der Waals surface area contributed by atoms with Crippen molar-refractivity contribution in [3.63, 3.8) is 0 Å². The molecule has 0 aliphatic heterocycles. The molecule has 1 aromatic rings. The summed E-state index contributed by atoms with van der Waals surface area (Å²) < 4.78 is 0. The summed E-state index contributed by atoms with van der Waals surface area (Å²) in [5, 5.41) is 3.88. The molecule has 2 rings (SSSR count). The molecule has 16 heavy (non-hydrogen) atoms. The molecule has 2 nitrogen and oxygen atoms in total. The molecule has 0 spiro atoms. The first-order chi connectivity index (χ1) is 7.83. The highest BCUT2D eigenvalue weighted by molar-refractivity contribution is 7.08. The Balaban J connectivity index is 2.02. The van der Waals surface area contributed by atoms with Crippen LogP contribution in [-0.4, -0.2) is 29.3 Å². The Kier molecular flexibility index (Phi) is 4.24. The third-order valence-electron chi connectivity index (χ3n) is 3.08. The zero-order valence-corrected chi connectivity index (χ0v) is 10.8. The maximum absolute atomic E-state index is 12.2. The Labute approximate surface area is 105 Å². The predicted molar refractivity (Wildman–Crippen MR) is 68.3 cm³/mol. The predicted octanol–water partition coefficient (Wildman–Crippen LogP) is 3.37. The average molecular weight is 258 g/mol. The van der Waals surface area contributed by atoms with Crippen LogP contribution >= 0.6 is 22.9 Å². The van der Waals surface area contributed by atoms with Gasteiger partial charge in [-0.3, -0.25) is 4.79 Å². The molecule has 88 valence electrons. The van der Waals surface area contributed by atoms with E-state index < -0.39 is 0 Å². The number of rotatable bonds is 5. The van der Waals surface area contributed by atoms with Gasteiger partial charge < -0.3 is 4.90 Å². The van der Waals surface area contributed by atoms with Crippen LogP contribution in [0.2, 0.25) is 0 Å². The first-order valence-electron chi connectivity index (χ1n) is 5.72. The average Bonchev–Trinajstić information content (AvgIpc) is 2.73. The third kappa shape index (κ3) is 2.58. The molecular weight excluding hydrogens is 242 g/mol. The van der Waals surface area contributed by atoms with E-state index in [0.717, 1.165) is 31.4 Å². The van der Waals surface area contributed by atoms with Gasteiger partial charge in [0.15, 0.2) is 0 Å². The lowest BCUT2D eigenvalue weighted by atomic mass is 9.91. The maximum atomic E-state index is 12.2. The van der Waals surface area contributed by atoms with Gasteiger partial charge in [-0.05, 0) is 37.1 Å². The Morgan fingerprint density at radius 1 is 1.56 bits per heavy atom. The minimum atomic E-state index is 0.177. The lowest BCUT2D eigenvalue weighted by Crippen LogP contribution is -2.44. The van der Waals surface area contributed by atoms with Gasteiger partial charge in [-0.15, -0.1) is 11.6 Å². The van der Waals surface area contributed by atoms with E-state index in [4.69, 9.17) is 11.6 Å². The molecule has 1 saturated carbocycles. The minimum absolute atomic E-state index is 0.177. The van der Waals surface area contributed by atoms with E-state index in [1.165, 1.54) is 6.42 Å². The van der Waals surface area contributed by atoms with Gasteiger partial charge in [0.1, 0.15) is 0 Å². The Morgan fingerprint density at radius 2 is 2.38 bits per heavy atom. The normalized spacial score (nSPS) is 15.8. The van der Waals surface area contributed by atoms with Crippen molar-refractivity contribution in [1.29, 1.82) is 0 Å². The van der Waals surface area contributed by atoms with E-state index >= 15 is 0 Å². The topological polar surface area (TPSA) is 20.3 Å². The van der Waals surface area contributed by atoms with Crippen molar-refractivity contribution in [2.24, 2.45) is 0 Å². The second kappa shape index (κ2) is 5.69. The lowest BCUT2D eigenvalue weighted by molar-refractivity contribution is 0.0581. The van der Waals surface area contributed by atoms with Gasteiger partial charge in [-0.1, -0.05) is 0 Å². The summed E-state index contributed by atoms with van der Waals surface area (Å²) in [4.78, 5) is 14.2. The summed E-state index contributed by atoms with van der Waals surface area (Å²) in [6.07, 6.45) is 4.43. The zero-order chi connectivity index (χ0) is 11.4. The summed E-state index contributed by atoms with van der Waals surface area (Å²) in [7, 11) is 0. The molecule has 0 unspecified atom stereocenters. The minimum Gasteiger partial charge on any atom is -0.336 e. The van der Waals surface area contributed by atoms with Crippen LogP contribution in [0.25, 0.3) is 0 Å². The van der Waals surface area contributed by atoms with Crippen LogP contribution in [0.1, 0.15) is 36.0 Å². The third-order valence-corrected chi connectivity index (χ3v) is 4.03. The van der Waals surface area contributed by atoms with Crippen LogP contribution in [0.15, 0.2) is 16.8 Å². The molecule has 0 radical (unpaired) electrons. The second-order valence-corrected chi connectivity index (χ2v) is 5.30. The molecule has 4 heteroatoms. The molecule has 0 saturated heterocycles. The largest absolute Gasteiger partial charge is 0.336 e. The highest BCUT2D eigenvalue weighted by Gasteiger charge is 2.28. The molecule has 0 atom stereocenters. The fourth-order valence-corrected chi connectivity index (χ4v) is 2.68. The van der Waals surface area contributed by atoms with Crippen molar-refractivity contribution in [3.05, 3.63) is 22.4 Å². The summed E-state index contributed by atoms with van der Waals surface area (Å²) >= 11 is 7.28. The molecule has 1 amide bonds. The Morgan fingerprint density at radius 3 is 2.88 bits per heavy atom. The lowest BCUT2D eigenvalue weighted by Gasteiger charge is -2.37. The number of halogens is 1. The summed E-state index contributed by atoms with van der Waals surface area (Å²) in [6, 6.07) is 2.36. The molecule has 0 N–H and O–H groups in total. The van der Waals surface area contributed by atoms with Crippen LogP contribution in [-0.2, 0) is 0 Å². The molecule has 1 aliphatic carbocycles. The standard InChI is InChI=1S/C12H16ClNOS/c13-6-2-7-14(11-3-1-4-11)12(15)10-5-8-16-9-10/h5,8-9,11H,1-4,6-7H2. The second-order valence-electron chi connectivity index (χ2n) is 4.14. The van der Waals surface area contributed by atoms with E-state index in [1.807, 2.05) is 21.7 Å². The first-order valence-corrected chi connectivity index (χ1v) is 7.20. The number of hydrogen-bond acceptors (Lipinski definition) is 2. The molecule has 1 aromatic heterocycles. The Hall–Kier alpha value is -0.540. The van der Waals surface area contributed by atoms with Gasteiger partial charge in [-0.2, -0.15) is 11.3 Å². The summed E-state index contributed by atoms with van der Waals surface area (Å²) in [5.41, 5.74) is 0.825. The van der Waals surface area contributed by atoms with Gasteiger partial charge >= 0.3 is 0 Å². The molecule has 0 aromatic carbocycles. The molecule has 1 fully saturated rings. The smallest absolute Gasteiger partial charge is 0.254 e. The van der Waals surface area contributed by atoms with Gasteiger partial charge in [0.05, 0.1) is 5.56 Å². The van der Waals surface area contributed by atoms with Crippen molar-refractivity contribution < 1.29 is 4.79 Å². The van der Waals surface area contributed by atoms with Gasteiger partial charge in [0.2, 0.25) is 0 Å². The highest BCUT2D eigenvalue weighted by atomic mass is 35.5. The van der Waals surface area contributed by atoms with Crippen LogP contribution < -0.4 is 0 Å². The number of thiophene rings is 1. The quantitative estimate of drug-likeness (QED) is 0.741. The maximum Gasteiger partial charge on any atom is 0.254 e. The number of carbonyl (C=O) groups excluding carboxylic acids is 1. The summed E-state index contributed by atoms with van der Waals surface area (Å²) in [6.45, 7) is 0.794. The van der Waals surface area contributed by atoms with Crippen molar-refractivity contribution in [2.75, 3.05) is 12.4 Å². The van der Waals surface area contributed by atoms with Gasteiger partial charge in [0, 0.05) is 23.8 Å². The monoisotopic (exact) mass is 257 g/mol. The zero-order valence-electron chi connectivity index (χ0n) is 9.19. The molecule has 1 aliphatic rings. The van der Waals surface area contributed by atoms with Crippen molar-refractivity contribution in [2.45, 2.75) is 31.7 Å². The first kappa shape index (κ1) is 11.9. The fourth-order valence-electron chi connectivity index (χ4n) is 1.93. The molecule has 1 heterocycles. The van der Waals surface area contributed by atoms with Crippen LogP contribution in [0, 0.1) is 0 Å². The molecule has 0 bridgehead atoms. The van der Waals surface area contributed by atoms with E-state index in [-0.39, 0.29) is 5.91 Å². The number of hydrogen-bond donors (Lipinski definition) is 0. The molecular formula is C12H16ClNOS. The van der Waals surface area contributed by atoms with Gasteiger partial charge in [-0.25, -0.2) is 0 Å². The van der Waals surface area contributed by atoms with E-state index in [1.54, 1.807) is 11.3 Å². The Bertz CT molecular complexity index is 335. The van der Waals surface area contributed by atoms with Crippen LogP contribution in [0.3, 0.4) is 0 Å². The van der Waals surface area contributed by atoms with Crippen molar-refractivity contribution >= 4 is 28.8 Å². The fraction of sp³-hybridized carbons (Fsp3) is 0.583.